The summed E-state index contributed by atoms with van der Waals surface area (Å²) >= 11 is 7.09. The number of allylic oxidation sites excluding steroid dienone is 1. The Morgan fingerprint density at radius 2 is 1.61 bits per heavy atom. The van der Waals surface area contributed by atoms with Crippen LogP contribution in [-0.4, -0.2) is 6.61 Å². The zero-order valence-corrected chi connectivity index (χ0v) is 21.2. The van der Waals surface area contributed by atoms with Crippen molar-refractivity contribution in [2.24, 2.45) is 0 Å². The molecule has 0 aliphatic carbocycles. The lowest BCUT2D eigenvalue weighted by Crippen LogP contribution is -2.00. The van der Waals surface area contributed by atoms with Crippen molar-refractivity contribution in [1.29, 1.82) is 5.26 Å². The van der Waals surface area contributed by atoms with Gasteiger partial charge in [0.2, 0.25) is 0 Å². The van der Waals surface area contributed by atoms with Crippen LogP contribution in [0.3, 0.4) is 0 Å². The van der Waals surface area contributed by atoms with E-state index < -0.39 is 0 Å². The number of ether oxygens (including phenoxy) is 2. The number of nitrogens with zero attached hydrogens (tertiary/aromatic N) is 1. The van der Waals surface area contributed by atoms with Crippen LogP contribution in [0.2, 0.25) is 0 Å². The number of nitriles is 1. The summed E-state index contributed by atoms with van der Waals surface area (Å²) in [5.41, 5.74) is 3.35. The third-order valence-electron chi connectivity index (χ3n) is 5.15. The Morgan fingerprint density at radius 1 is 0.879 bits per heavy atom. The first kappa shape index (κ1) is 23.1. The molecule has 5 heteroatoms. The molecule has 4 aromatic rings. The van der Waals surface area contributed by atoms with E-state index in [-0.39, 0.29) is 0 Å². The van der Waals surface area contributed by atoms with Gasteiger partial charge in [-0.1, -0.05) is 80.4 Å². The Kier molecular flexibility index (Phi) is 7.49. The van der Waals surface area contributed by atoms with Gasteiger partial charge in [0.15, 0.2) is 11.5 Å². The quantitative estimate of drug-likeness (QED) is 0.168. The van der Waals surface area contributed by atoms with E-state index in [0.29, 0.717) is 30.3 Å². The van der Waals surface area contributed by atoms with Crippen molar-refractivity contribution in [3.05, 3.63) is 104 Å². The number of hydrogen-bond acceptors (Lipinski definition) is 3. The van der Waals surface area contributed by atoms with Crippen LogP contribution in [0.1, 0.15) is 23.6 Å². The summed E-state index contributed by atoms with van der Waals surface area (Å²) in [4.78, 5) is 0. The maximum Gasteiger partial charge on any atom is 0.162 e. The van der Waals surface area contributed by atoms with Gasteiger partial charge in [0.1, 0.15) is 6.61 Å². The second-order valence-corrected chi connectivity index (χ2v) is 9.17. The van der Waals surface area contributed by atoms with E-state index in [1.165, 1.54) is 0 Å². The number of rotatable bonds is 7. The zero-order valence-electron chi connectivity index (χ0n) is 18.0. The van der Waals surface area contributed by atoms with Gasteiger partial charge in [-0.15, -0.1) is 0 Å². The van der Waals surface area contributed by atoms with Crippen LogP contribution in [-0.2, 0) is 6.61 Å². The molecule has 0 spiro atoms. The van der Waals surface area contributed by atoms with Crippen molar-refractivity contribution in [2.45, 2.75) is 13.5 Å². The minimum atomic E-state index is 0.426. The molecule has 0 aliphatic heterocycles. The zero-order chi connectivity index (χ0) is 23.2. The Balaban J connectivity index is 1.65. The molecule has 0 aromatic heterocycles. The first-order chi connectivity index (χ1) is 16.1. The van der Waals surface area contributed by atoms with Gasteiger partial charge in [0.05, 0.1) is 18.2 Å². The van der Waals surface area contributed by atoms with Crippen LogP contribution in [0, 0.1) is 11.3 Å². The molecule has 4 aromatic carbocycles. The number of hydrogen-bond donors (Lipinski definition) is 0. The molecule has 4 rings (SSSR count). The van der Waals surface area contributed by atoms with E-state index in [2.05, 4.69) is 50.1 Å². The molecule has 0 saturated heterocycles. The molecule has 0 aliphatic rings. The topological polar surface area (TPSA) is 42.2 Å². The normalized spacial score (nSPS) is 11.3. The average molecular weight is 563 g/mol. The average Bonchev–Trinajstić information content (AvgIpc) is 2.84. The lowest BCUT2D eigenvalue weighted by Gasteiger charge is -2.14. The summed E-state index contributed by atoms with van der Waals surface area (Å²) in [6.45, 7) is 2.87. The standard InChI is InChI=1S/C28H21Br2NO2/c1-2-32-27-15-23(26(30)16-28(27)33-18-19-7-11-25(29)12-8-19)14-24(17-31)22-10-9-20-5-3-4-6-21(20)13-22/h3-16H,2,18H2,1H3/b24-14-. The highest BCUT2D eigenvalue weighted by atomic mass is 79.9. The van der Waals surface area contributed by atoms with Crippen molar-refractivity contribution < 1.29 is 9.47 Å². The molecule has 0 amide bonds. The summed E-state index contributed by atoms with van der Waals surface area (Å²) < 4.78 is 13.8. The highest BCUT2D eigenvalue weighted by molar-refractivity contribution is 9.10. The molecule has 33 heavy (non-hydrogen) atoms. The molecule has 3 nitrogen and oxygen atoms in total. The largest absolute Gasteiger partial charge is 0.490 e. The minimum Gasteiger partial charge on any atom is -0.490 e. The highest BCUT2D eigenvalue weighted by Gasteiger charge is 2.12. The van der Waals surface area contributed by atoms with Crippen LogP contribution in [0.15, 0.2) is 87.8 Å². The van der Waals surface area contributed by atoms with E-state index in [1.54, 1.807) is 0 Å². The van der Waals surface area contributed by atoms with Gasteiger partial charge in [-0.2, -0.15) is 5.26 Å². The predicted octanol–water partition coefficient (Wildman–Crippen LogP) is 8.41. The second-order valence-electron chi connectivity index (χ2n) is 7.40. The Morgan fingerprint density at radius 3 is 2.33 bits per heavy atom. The van der Waals surface area contributed by atoms with E-state index in [0.717, 1.165) is 36.4 Å². The van der Waals surface area contributed by atoms with Gasteiger partial charge >= 0.3 is 0 Å². The molecular weight excluding hydrogens is 542 g/mol. The maximum absolute atomic E-state index is 9.87. The monoisotopic (exact) mass is 561 g/mol. The second kappa shape index (κ2) is 10.7. The summed E-state index contributed by atoms with van der Waals surface area (Å²) in [6.07, 6.45) is 1.87. The molecule has 0 saturated carbocycles. The summed E-state index contributed by atoms with van der Waals surface area (Å²) in [7, 11) is 0. The first-order valence-electron chi connectivity index (χ1n) is 10.5. The molecule has 164 valence electrons. The Bertz CT molecular complexity index is 1350. The highest BCUT2D eigenvalue weighted by Crippen LogP contribution is 2.36. The molecule has 0 fully saturated rings. The molecule has 0 bridgehead atoms. The minimum absolute atomic E-state index is 0.426. The van der Waals surface area contributed by atoms with Gasteiger partial charge in [0, 0.05) is 8.95 Å². The number of halogens is 2. The number of fused-ring (bicyclic) bond motifs is 1. The fraction of sp³-hybridized carbons (Fsp3) is 0.107. The molecular formula is C28H21Br2NO2. The van der Waals surface area contributed by atoms with Crippen molar-refractivity contribution in [2.75, 3.05) is 6.61 Å². The maximum atomic E-state index is 9.87. The van der Waals surface area contributed by atoms with E-state index in [9.17, 15) is 5.26 Å². The Hall–Kier alpha value is -3.07. The smallest absolute Gasteiger partial charge is 0.162 e. The molecule has 0 radical (unpaired) electrons. The fourth-order valence-corrected chi connectivity index (χ4v) is 4.18. The first-order valence-corrected chi connectivity index (χ1v) is 12.1. The van der Waals surface area contributed by atoms with Crippen LogP contribution in [0.25, 0.3) is 22.4 Å². The molecule has 0 N–H and O–H groups in total. The van der Waals surface area contributed by atoms with Gasteiger partial charge in [-0.05, 0) is 70.8 Å². The van der Waals surface area contributed by atoms with Gasteiger partial charge in [-0.3, -0.25) is 0 Å². The van der Waals surface area contributed by atoms with Crippen LogP contribution < -0.4 is 9.47 Å². The third kappa shape index (κ3) is 5.65. The van der Waals surface area contributed by atoms with Crippen LogP contribution in [0.4, 0.5) is 0 Å². The molecule has 0 unspecified atom stereocenters. The van der Waals surface area contributed by atoms with E-state index >= 15 is 0 Å². The van der Waals surface area contributed by atoms with Gasteiger partial charge < -0.3 is 9.47 Å². The van der Waals surface area contributed by atoms with E-state index in [4.69, 9.17) is 9.47 Å². The molecule has 0 heterocycles. The fourth-order valence-electron chi connectivity index (χ4n) is 3.48. The van der Waals surface area contributed by atoms with Crippen LogP contribution >= 0.6 is 31.9 Å². The van der Waals surface area contributed by atoms with Crippen molar-refractivity contribution in [3.8, 4) is 17.6 Å². The summed E-state index contributed by atoms with van der Waals surface area (Å²) in [6, 6.07) is 28.3. The third-order valence-corrected chi connectivity index (χ3v) is 6.37. The van der Waals surface area contributed by atoms with Gasteiger partial charge in [-0.25, -0.2) is 0 Å². The summed E-state index contributed by atoms with van der Waals surface area (Å²) in [5.74, 6) is 1.29. The van der Waals surface area contributed by atoms with Crippen molar-refractivity contribution >= 4 is 54.3 Å². The van der Waals surface area contributed by atoms with Crippen LogP contribution in [0.5, 0.6) is 11.5 Å². The predicted molar refractivity (Wildman–Crippen MR) is 141 cm³/mol. The summed E-state index contributed by atoms with van der Waals surface area (Å²) in [5, 5.41) is 12.1. The lowest BCUT2D eigenvalue weighted by atomic mass is 10.00. The van der Waals surface area contributed by atoms with Crippen molar-refractivity contribution in [3.63, 3.8) is 0 Å². The lowest BCUT2D eigenvalue weighted by molar-refractivity contribution is 0.269. The molecule has 0 atom stereocenters. The SMILES string of the molecule is CCOc1cc(/C=C(/C#N)c2ccc3ccccc3c2)c(Br)cc1OCc1ccc(Br)cc1. The Labute approximate surface area is 210 Å². The van der Waals surface area contributed by atoms with E-state index in [1.807, 2.05) is 79.7 Å². The van der Waals surface area contributed by atoms with Crippen molar-refractivity contribution in [1.82, 2.24) is 0 Å². The van der Waals surface area contributed by atoms with Gasteiger partial charge in [0.25, 0.3) is 0 Å². The number of benzene rings is 4.